The van der Waals surface area contributed by atoms with E-state index in [4.69, 9.17) is 0 Å². The van der Waals surface area contributed by atoms with Crippen LogP contribution in [-0.4, -0.2) is 45.1 Å². The summed E-state index contributed by atoms with van der Waals surface area (Å²) in [6.45, 7) is 2.00. The number of pyridine rings is 1. The molecule has 0 bridgehead atoms. The molecule has 1 aromatic heterocycles. The molecule has 1 atom stereocenters. The average molecular weight is 631 g/mol. The maximum atomic E-state index is 13.5. The summed E-state index contributed by atoms with van der Waals surface area (Å²) in [6.07, 6.45) is 7.00. The number of aryl methyl sites for hydroxylation is 3. The van der Waals surface area contributed by atoms with Gasteiger partial charge < -0.3 is 15.5 Å². The molecule has 5 rings (SSSR count). The lowest BCUT2D eigenvalue weighted by atomic mass is 9.78. The van der Waals surface area contributed by atoms with Crippen molar-refractivity contribution in [3.63, 3.8) is 0 Å². The van der Waals surface area contributed by atoms with Gasteiger partial charge in [-0.3, -0.25) is 9.78 Å². The van der Waals surface area contributed by atoms with Crippen molar-refractivity contribution in [2.45, 2.75) is 37.8 Å². The molecule has 5 aromatic rings. The van der Waals surface area contributed by atoms with E-state index in [-0.39, 0.29) is 0 Å². The number of rotatable bonds is 13. The minimum Gasteiger partial charge on any atom is -0.480 e. The predicted octanol–water partition coefficient (Wildman–Crippen LogP) is 7.06. The van der Waals surface area contributed by atoms with Gasteiger partial charge in [-0.25, -0.2) is 4.79 Å². The maximum Gasteiger partial charge on any atom is 0.326 e. The topological polar surface area (TPSA) is 99.5 Å². The number of carbonyl (C=O) groups excluding carboxylic acids is 1. The first-order chi connectivity index (χ1) is 22.3. The zero-order valence-corrected chi connectivity index (χ0v) is 26.8. The lowest BCUT2D eigenvalue weighted by Gasteiger charge is -2.32. The number of aliphatic carboxylic acids is 1. The Bertz CT molecular complexity index is 1750. The summed E-state index contributed by atoms with van der Waals surface area (Å²) in [5.74, 6) is -0.834. The van der Waals surface area contributed by atoms with Gasteiger partial charge in [-0.05, 0) is 94.8 Å². The summed E-state index contributed by atoms with van der Waals surface area (Å²) in [7, 11) is 0. The molecule has 0 aliphatic rings. The van der Waals surface area contributed by atoms with Crippen LogP contribution in [0, 0.1) is 6.92 Å². The third-order valence-corrected chi connectivity index (χ3v) is 8.98. The van der Waals surface area contributed by atoms with E-state index >= 15 is 0 Å². The number of carbonyl (C=O) groups is 2. The highest BCUT2D eigenvalue weighted by molar-refractivity contribution is 7.98. The number of benzene rings is 4. The normalized spacial score (nSPS) is 12.0. The number of hydrogen-bond donors (Lipinski definition) is 3. The van der Waals surface area contributed by atoms with E-state index in [0.717, 1.165) is 44.5 Å². The molecule has 6 nitrogen and oxygen atoms in total. The van der Waals surface area contributed by atoms with Crippen LogP contribution < -0.4 is 5.32 Å². The highest BCUT2D eigenvalue weighted by Crippen LogP contribution is 2.38. The molecule has 0 spiro atoms. The van der Waals surface area contributed by atoms with Gasteiger partial charge in [0.15, 0.2) is 0 Å². The molecule has 0 aliphatic heterocycles. The number of nitrogens with zero attached hydrogens (tertiary/aromatic N) is 1. The number of hydrogen-bond acceptors (Lipinski definition) is 5. The molecule has 234 valence electrons. The van der Waals surface area contributed by atoms with E-state index in [1.54, 1.807) is 24.0 Å². The number of amides is 1. The Labute approximate surface area is 274 Å². The zero-order chi connectivity index (χ0) is 32.5. The van der Waals surface area contributed by atoms with Gasteiger partial charge in [0.05, 0.1) is 0 Å². The monoisotopic (exact) mass is 630 g/mol. The van der Waals surface area contributed by atoms with Crippen LogP contribution in [0.1, 0.15) is 50.2 Å². The molecule has 3 N–H and O–H groups in total. The van der Waals surface area contributed by atoms with Crippen LogP contribution in [0.2, 0.25) is 0 Å². The quantitative estimate of drug-likeness (QED) is 0.129. The van der Waals surface area contributed by atoms with Gasteiger partial charge in [0.25, 0.3) is 5.91 Å². The number of nitrogens with one attached hydrogen (secondary N) is 1. The first-order valence-electron chi connectivity index (χ1n) is 15.3. The highest BCUT2D eigenvalue weighted by Gasteiger charge is 2.35. The fourth-order valence-corrected chi connectivity index (χ4v) is 6.34. The van der Waals surface area contributed by atoms with Crippen molar-refractivity contribution in [3.8, 4) is 11.1 Å². The molecule has 0 aliphatic carbocycles. The molecular formula is C39H38N2O4S. The van der Waals surface area contributed by atoms with Crippen LogP contribution in [0.3, 0.4) is 0 Å². The molecule has 4 aromatic carbocycles. The van der Waals surface area contributed by atoms with Gasteiger partial charge in [0.1, 0.15) is 11.6 Å². The summed E-state index contributed by atoms with van der Waals surface area (Å²) in [4.78, 5) is 29.8. The van der Waals surface area contributed by atoms with E-state index in [9.17, 15) is 19.8 Å². The third kappa shape index (κ3) is 7.22. The Hall–Kier alpha value is -4.72. The largest absolute Gasteiger partial charge is 0.480 e. The summed E-state index contributed by atoms with van der Waals surface area (Å²) in [5, 5.41) is 24.9. The Balaban J connectivity index is 1.50. The van der Waals surface area contributed by atoms with Gasteiger partial charge in [0.2, 0.25) is 0 Å². The second-order valence-electron chi connectivity index (χ2n) is 11.3. The SMILES string of the molecule is CSCCC(NC(=O)c1ccc(CCc2cnccc2C(O)(c2ccccc2)c2ccccc2)cc1-c1ccccc1C)C(=O)O. The number of aromatic nitrogens is 1. The molecule has 0 saturated carbocycles. The fraction of sp³-hybridized carbons (Fsp3) is 0.205. The van der Waals surface area contributed by atoms with E-state index in [1.165, 1.54) is 0 Å². The first kappa shape index (κ1) is 32.7. The van der Waals surface area contributed by atoms with Crippen molar-refractivity contribution in [1.82, 2.24) is 10.3 Å². The molecule has 7 heteroatoms. The van der Waals surface area contributed by atoms with Gasteiger partial charge in [0, 0.05) is 18.0 Å². The second kappa shape index (κ2) is 15.0. The van der Waals surface area contributed by atoms with Crippen molar-refractivity contribution >= 4 is 23.6 Å². The lowest BCUT2D eigenvalue weighted by Crippen LogP contribution is -2.41. The summed E-state index contributed by atoms with van der Waals surface area (Å²) >= 11 is 1.54. The predicted molar refractivity (Wildman–Crippen MR) is 185 cm³/mol. The van der Waals surface area contributed by atoms with Crippen LogP contribution in [0.15, 0.2) is 122 Å². The fourth-order valence-electron chi connectivity index (χ4n) is 5.87. The Morgan fingerprint density at radius 1 is 0.848 bits per heavy atom. The molecular weight excluding hydrogens is 593 g/mol. The van der Waals surface area contributed by atoms with Crippen LogP contribution in [-0.2, 0) is 23.2 Å². The standard InChI is InChI=1S/C39H38N2O4S/c1-27-11-9-10-16-32(27)34-25-28(18-20-33(34)37(42)41-36(38(43)44)22-24-46-2)17-19-29-26-40-23-21-35(29)39(45,30-12-5-3-6-13-30)31-14-7-4-8-15-31/h3-16,18,20-21,23,25-26,36,45H,17,19,22,24H2,1-2H3,(H,41,42)(H,43,44). The Morgan fingerprint density at radius 3 is 2.13 bits per heavy atom. The van der Waals surface area contributed by atoms with E-state index in [2.05, 4.69) is 10.3 Å². The van der Waals surface area contributed by atoms with Crippen molar-refractivity contribution in [3.05, 3.63) is 161 Å². The third-order valence-electron chi connectivity index (χ3n) is 8.34. The molecule has 1 heterocycles. The number of aliphatic hydroxyl groups is 1. The van der Waals surface area contributed by atoms with Crippen molar-refractivity contribution in [2.75, 3.05) is 12.0 Å². The Kier molecular flexibility index (Phi) is 10.7. The van der Waals surface area contributed by atoms with Crippen molar-refractivity contribution in [1.29, 1.82) is 0 Å². The molecule has 0 saturated heterocycles. The van der Waals surface area contributed by atoms with E-state index < -0.39 is 23.5 Å². The molecule has 0 radical (unpaired) electrons. The van der Waals surface area contributed by atoms with Crippen LogP contribution in [0.5, 0.6) is 0 Å². The minimum absolute atomic E-state index is 0.339. The minimum atomic E-state index is -1.38. The van der Waals surface area contributed by atoms with Gasteiger partial charge in [-0.1, -0.05) is 97.1 Å². The van der Waals surface area contributed by atoms with Crippen molar-refractivity contribution in [2.24, 2.45) is 0 Å². The van der Waals surface area contributed by atoms with Gasteiger partial charge >= 0.3 is 5.97 Å². The first-order valence-corrected chi connectivity index (χ1v) is 16.7. The second-order valence-corrected chi connectivity index (χ2v) is 12.3. The summed E-state index contributed by atoms with van der Waals surface area (Å²) in [6, 6.07) is 33.8. The lowest BCUT2D eigenvalue weighted by molar-refractivity contribution is -0.139. The highest BCUT2D eigenvalue weighted by atomic mass is 32.2. The van der Waals surface area contributed by atoms with Crippen LogP contribution in [0.4, 0.5) is 0 Å². The molecule has 0 fully saturated rings. The number of carboxylic acid groups (broad SMARTS) is 1. The smallest absolute Gasteiger partial charge is 0.326 e. The summed E-state index contributed by atoms with van der Waals surface area (Å²) in [5.41, 5.74) is 5.93. The summed E-state index contributed by atoms with van der Waals surface area (Å²) < 4.78 is 0. The van der Waals surface area contributed by atoms with Gasteiger partial charge in [-0.15, -0.1) is 0 Å². The van der Waals surface area contributed by atoms with Gasteiger partial charge in [-0.2, -0.15) is 11.8 Å². The Morgan fingerprint density at radius 2 is 1.50 bits per heavy atom. The van der Waals surface area contributed by atoms with E-state index in [1.807, 2.05) is 123 Å². The van der Waals surface area contributed by atoms with E-state index in [0.29, 0.717) is 30.6 Å². The van der Waals surface area contributed by atoms with Crippen molar-refractivity contribution < 1.29 is 19.8 Å². The zero-order valence-electron chi connectivity index (χ0n) is 26.0. The maximum absolute atomic E-state index is 13.5. The molecule has 1 amide bonds. The average Bonchev–Trinajstić information content (AvgIpc) is 3.09. The number of carboxylic acids is 1. The van der Waals surface area contributed by atoms with Crippen LogP contribution in [0.25, 0.3) is 11.1 Å². The molecule has 1 unspecified atom stereocenters. The van der Waals surface area contributed by atoms with Crippen LogP contribution >= 0.6 is 11.8 Å². The molecule has 46 heavy (non-hydrogen) atoms. The number of thioether (sulfide) groups is 1.